The molecule has 0 bridgehead atoms. The molecule has 0 aliphatic carbocycles. The van der Waals surface area contributed by atoms with Crippen molar-refractivity contribution >= 4 is 75.5 Å². The average molecular weight is 714 g/mol. The zero-order chi connectivity index (χ0) is 35.2. The molecule has 0 spiro atoms. The molecule has 0 radical (unpaired) electrons. The normalized spacial score (nSPS) is 12.7. The lowest BCUT2D eigenvalue weighted by Crippen LogP contribution is -2.02. The van der Waals surface area contributed by atoms with Gasteiger partial charge in [-0.2, -0.15) is 25.3 Å². The molecule has 4 aromatic carbocycles. The van der Waals surface area contributed by atoms with Crippen molar-refractivity contribution in [3.05, 3.63) is 64.2 Å². The number of non-ortho nitro benzene ring substituents is 1. The predicted molar refractivity (Wildman–Crippen MR) is 153 cm³/mol. The minimum Gasteiger partial charge on any atom is -0.505 e. The molecule has 0 fully saturated rings. The van der Waals surface area contributed by atoms with Crippen molar-refractivity contribution in [1.29, 1.82) is 0 Å². The van der Waals surface area contributed by atoms with Crippen LogP contribution in [0.4, 0.5) is 28.4 Å². The van der Waals surface area contributed by atoms with E-state index in [-0.39, 0.29) is 11.8 Å². The molecule has 246 valence electrons. The molecule has 0 aliphatic rings. The molecular weight excluding hydrogens is 698 g/mol. The summed E-state index contributed by atoms with van der Waals surface area (Å²) < 4.78 is 101. The highest BCUT2D eigenvalue weighted by Gasteiger charge is 2.30. The molecule has 0 unspecified atom stereocenters. The Morgan fingerprint density at radius 3 is 1.57 bits per heavy atom. The van der Waals surface area contributed by atoms with Gasteiger partial charge in [0.25, 0.3) is 36.0 Å². The molecule has 0 amide bonds. The molecule has 47 heavy (non-hydrogen) atoms. The fraction of sp³-hybridized carbons (Fsp3) is 0. The Morgan fingerprint density at radius 1 is 0.660 bits per heavy atom. The first-order valence-corrected chi connectivity index (χ1v) is 16.1. The lowest BCUT2D eigenvalue weighted by Gasteiger charge is -2.13. The molecule has 4 aromatic rings. The molecule has 24 heteroatoms. The summed E-state index contributed by atoms with van der Waals surface area (Å²) in [7, 11) is -16.1. The Bertz CT molecular complexity index is 2430. The van der Waals surface area contributed by atoms with Crippen molar-refractivity contribution in [3.8, 4) is 17.2 Å². The summed E-state index contributed by atoms with van der Waals surface area (Å²) in [6.07, 6.45) is 0. The molecule has 0 aliphatic heterocycles. The van der Waals surface area contributed by atoms with E-state index in [9.17, 15) is 74.2 Å². The standard InChI is InChI=1S/C23H15N5O16S3/c29-20-13(7-10(28(34)35)8-16(20)47(42,43)44)25-27-19-15(46(39,40)41)6-9-5-14(45(36,37)38)18(21(30)17(9)22(19)31)26-24-12-4-2-1-3-11(12)23(32)33/h1-8,29-31H,(H,32,33)(H,36,37,38)(H,39,40,41)(H,42,43,44). The number of hydrogen-bond acceptors (Lipinski definition) is 16. The van der Waals surface area contributed by atoms with E-state index in [1.54, 1.807) is 0 Å². The maximum atomic E-state index is 12.2. The van der Waals surface area contributed by atoms with E-state index >= 15 is 0 Å². The fourth-order valence-electron chi connectivity index (χ4n) is 3.95. The summed E-state index contributed by atoms with van der Waals surface area (Å²) in [4.78, 5) is 17.6. The number of azo groups is 2. The highest BCUT2D eigenvalue weighted by atomic mass is 32.2. The zero-order valence-corrected chi connectivity index (χ0v) is 24.8. The number of fused-ring (bicyclic) bond motifs is 1. The third-order valence-corrected chi connectivity index (χ3v) is 8.59. The maximum absolute atomic E-state index is 12.2. The van der Waals surface area contributed by atoms with Crippen LogP contribution in [0.1, 0.15) is 10.4 Å². The lowest BCUT2D eigenvalue weighted by atomic mass is 10.1. The molecule has 0 atom stereocenters. The van der Waals surface area contributed by atoms with Gasteiger partial charge in [-0.15, -0.1) is 20.5 Å². The number of nitro groups is 1. The number of phenolic OH excluding ortho intramolecular Hbond substituents is 3. The van der Waals surface area contributed by atoms with Crippen LogP contribution in [0.5, 0.6) is 17.2 Å². The van der Waals surface area contributed by atoms with Crippen LogP contribution in [-0.4, -0.2) is 70.2 Å². The Hall–Kier alpha value is -5.66. The molecular formula is C23H15N5O16S3. The van der Waals surface area contributed by atoms with Gasteiger partial charge >= 0.3 is 5.97 Å². The number of nitro benzene ring substituents is 1. The van der Waals surface area contributed by atoms with E-state index in [2.05, 4.69) is 20.5 Å². The van der Waals surface area contributed by atoms with Crippen LogP contribution < -0.4 is 0 Å². The fourth-order valence-corrected chi connectivity index (χ4v) is 5.89. The second-order valence-electron chi connectivity index (χ2n) is 8.96. The number of rotatable bonds is 9. The molecule has 0 heterocycles. The van der Waals surface area contributed by atoms with Crippen LogP contribution in [0.15, 0.2) is 83.7 Å². The molecule has 0 saturated carbocycles. The van der Waals surface area contributed by atoms with Crippen LogP contribution in [-0.2, 0) is 30.4 Å². The van der Waals surface area contributed by atoms with Gasteiger partial charge in [0.1, 0.15) is 37.4 Å². The van der Waals surface area contributed by atoms with Gasteiger partial charge in [-0.1, -0.05) is 12.1 Å². The minimum atomic E-state index is -5.46. The first-order chi connectivity index (χ1) is 21.6. The van der Waals surface area contributed by atoms with Crippen LogP contribution in [0.25, 0.3) is 10.8 Å². The summed E-state index contributed by atoms with van der Waals surface area (Å²) in [6, 6.07) is 6.42. The van der Waals surface area contributed by atoms with Crippen molar-refractivity contribution in [1.82, 2.24) is 0 Å². The number of carboxylic acids is 1. The number of benzene rings is 4. The van der Waals surface area contributed by atoms with Gasteiger partial charge < -0.3 is 20.4 Å². The number of phenols is 3. The van der Waals surface area contributed by atoms with E-state index in [1.807, 2.05) is 0 Å². The third-order valence-electron chi connectivity index (χ3n) is 5.98. The number of carboxylic acid groups (broad SMARTS) is 1. The number of aromatic carboxylic acids is 1. The van der Waals surface area contributed by atoms with Crippen molar-refractivity contribution in [2.45, 2.75) is 14.7 Å². The first-order valence-electron chi connectivity index (χ1n) is 11.8. The maximum Gasteiger partial charge on any atom is 0.337 e. The van der Waals surface area contributed by atoms with Crippen molar-refractivity contribution in [2.75, 3.05) is 0 Å². The number of aromatic hydroxyl groups is 3. The summed E-state index contributed by atoms with van der Waals surface area (Å²) >= 11 is 0. The van der Waals surface area contributed by atoms with E-state index in [1.165, 1.54) is 12.1 Å². The summed E-state index contributed by atoms with van der Waals surface area (Å²) in [5.74, 6) is -5.67. The van der Waals surface area contributed by atoms with E-state index < -0.39 is 112 Å². The summed E-state index contributed by atoms with van der Waals surface area (Å²) in [5, 5.41) is 65.0. The first kappa shape index (κ1) is 34.2. The van der Waals surface area contributed by atoms with Crippen molar-refractivity contribution in [3.63, 3.8) is 0 Å². The smallest absolute Gasteiger partial charge is 0.337 e. The topological polar surface area (TPSA) is 354 Å². The Morgan fingerprint density at radius 2 is 1.13 bits per heavy atom. The summed E-state index contributed by atoms with van der Waals surface area (Å²) in [6.45, 7) is 0. The van der Waals surface area contributed by atoms with Crippen LogP contribution in [0, 0.1) is 10.1 Å². The predicted octanol–water partition coefficient (Wildman–Crippen LogP) is 4.13. The summed E-state index contributed by atoms with van der Waals surface area (Å²) in [5.41, 5.74) is -5.38. The van der Waals surface area contributed by atoms with Gasteiger partial charge in [0.15, 0.2) is 17.2 Å². The van der Waals surface area contributed by atoms with E-state index in [0.717, 1.165) is 12.1 Å². The van der Waals surface area contributed by atoms with Crippen LogP contribution in [0.2, 0.25) is 0 Å². The highest BCUT2D eigenvalue weighted by molar-refractivity contribution is 7.86. The van der Waals surface area contributed by atoms with Gasteiger partial charge in [-0.25, -0.2) is 4.79 Å². The quantitative estimate of drug-likeness (QED) is 0.0554. The number of hydrogen-bond donors (Lipinski definition) is 7. The number of carbonyl (C=O) groups is 1. The molecule has 0 aromatic heterocycles. The van der Waals surface area contributed by atoms with Gasteiger partial charge in [0.05, 0.1) is 15.9 Å². The van der Waals surface area contributed by atoms with Crippen molar-refractivity contribution < 1.29 is 69.1 Å². The monoisotopic (exact) mass is 713 g/mol. The van der Waals surface area contributed by atoms with Gasteiger partial charge in [-0.05, 0) is 29.7 Å². The Balaban J connectivity index is 2.07. The minimum absolute atomic E-state index is 0.247. The second-order valence-corrected chi connectivity index (χ2v) is 13.1. The highest BCUT2D eigenvalue weighted by Crippen LogP contribution is 2.50. The van der Waals surface area contributed by atoms with Gasteiger partial charge in [0.2, 0.25) is 0 Å². The second kappa shape index (κ2) is 11.9. The molecule has 7 N–H and O–H groups in total. The third kappa shape index (κ3) is 6.81. The molecule has 0 saturated heterocycles. The van der Waals surface area contributed by atoms with Gasteiger partial charge in [0, 0.05) is 12.1 Å². The van der Waals surface area contributed by atoms with Gasteiger partial charge in [-0.3, -0.25) is 23.8 Å². The molecule has 4 rings (SSSR count). The molecule has 21 nitrogen and oxygen atoms in total. The SMILES string of the molecule is O=C(O)c1ccccc1N=Nc1c(S(=O)(=O)O)cc2cc(S(=O)(=O)O)c(N=Nc3cc([N+](=O)[O-])cc(S(=O)(=O)O)c3O)c(O)c2c1O. The Labute approximate surface area is 260 Å². The zero-order valence-electron chi connectivity index (χ0n) is 22.4. The van der Waals surface area contributed by atoms with Crippen LogP contribution >= 0.6 is 0 Å². The van der Waals surface area contributed by atoms with Crippen molar-refractivity contribution in [2.24, 2.45) is 20.5 Å². The number of nitrogens with zero attached hydrogens (tertiary/aromatic N) is 5. The average Bonchev–Trinajstić information content (AvgIpc) is 2.94. The van der Waals surface area contributed by atoms with E-state index in [4.69, 9.17) is 0 Å². The Kier molecular flexibility index (Phi) is 8.69. The van der Waals surface area contributed by atoms with Crippen LogP contribution in [0.3, 0.4) is 0 Å². The largest absolute Gasteiger partial charge is 0.505 e. The van der Waals surface area contributed by atoms with E-state index in [0.29, 0.717) is 18.2 Å². The lowest BCUT2D eigenvalue weighted by molar-refractivity contribution is -0.385.